The lowest BCUT2D eigenvalue weighted by atomic mass is 10.1. The standard InChI is InChI=1S/C26H23NO2S2/c1-18-3-7-21(8-4-18)16-27-25(28)24(31-26(27)30)15-20-11-13-23(14-12-20)29-17-22-9-5-19(2)6-10-22/h3-15H,16-17H2,1-2H3/b24-15-. The van der Waals surface area contributed by atoms with Crippen LogP contribution in [-0.4, -0.2) is 15.1 Å². The van der Waals surface area contributed by atoms with E-state index in [1.54, 1.807) is 4.90 Å². The molecular weight excluding hydrogens is 422 g/mol. The van der Waals surface area contributed by atoms with Crippen LogP contribution >= 0.6 is 24.0 Å². The van der Waals surface area contributed by atoms with Crippen LogP contribution in [0.5, 0.6) is 5.75 Å². The second-order valence-electron chi connectivity index (χ2n) is 7.60. The highest BCUT2D eigenvalue weighted by Gasteiger charge is 2.31. The van der Waals surface area contributed by atoms with Crippen LogP contribution in [0, 0.1) is 13.8 Å². The van der Waals surface area contributed by atoms with Crippen molar-refractivity contribution in [2.45, 2.75) is 27.0 Å². The molecule has 1 heterocycles. The van der Waals surface area contributed by atoms with E-state index < -0.39 is 0 Å². The van der Waals surface area contributed by atoms with Crippen LogP contribution in [0.1, 0.15) is 27.8 Å². The molecule has 1 aliphatic heterocycles. The van der Waals surface area contributed by atoms with Gasteiger partial charge in [-0.2, -0.15) is 0 Å². The van der Waals surface area contributed by atoms with Crippen LogP contribution in [-0.2, 0) is 17.9 Å². The maximum absolute atomic E-state index is 12.9. The number of thiocarbonyl (C=S) groups is 1. The highest BCUT2D eigenvalue weighted by Crippen LogP contribution is 2.33. The second-order valence-corrected chi connectivity index (χ2v) is 9.27. The van der Waals surface area contributed by atoms with Crippen molar-refractivity contribution in [3.8, 4) is 5.75 Å². The number of hydrogen-bond acceptors (Lipinski definition) is 4. The van der Waals surface area contributed by atoms with E-state index in [-0.39, 0.29) is 5.91 Å². The molecular formula is C26H23NO2S2. The normalized spacial score (nSPS) is 15.0. The van der Waals surface area contributed by atoms with E-state index in [1.807, 2.05) is 61.5 Å². The largest absolute Gasteiger partial charge is 0.489 e. The van der Waals surface area contributed by atoms with Crippen molar-refractivity contribution in [2.75, 3.05) is 0 Å². The van der Waals surface area contributed by atoms with Gasteiger partial charge in [0.2, 0.25) is 0 Å². The summed E-state index contributed by atoms with van der Waals surface area (Å²) < 4.78 is 6.46. The molecule has 0 spiro atoms. The number of carbonyl (C=O) groups is 1. The summed E-state index contributed by atoms with van der Waals surface area (Å²) in [5.74, 6) is 0.750. The first kappa shape index (κ1) is 21.3. The molecule has 0 saturated carbocycles. The zero-order valence-corrected chi connectivity index (χ0v) is 19.1. The van der Waals surface area contributed by atoms with Gasteiger partial charge in [0.1, 0.15) is 16.7 Å². The summed E-state index contributed by atoms with van der Waals surface area (Å²) in [4.78, 5) is 15.2. The fourth-order valence-corrected chi connectivity index (χ4v) is 4.43. The Balaban J connectivity index is 1.39. The molecule has 0 bridgehead atoms. The van der Waals surface area contributed by atoms with Crippen molar-refractivity contribution in [3.63, 3.8) is 0 Å². The van der Waals surface area contributed by atoms with Crippen molar-refractivity contribution >= 4 is 40.3 Å². The minimum Gasteiger partial charge on any atom is -0.489 e. The summed E-state index contributed by atoms with van der Waals surface area (Å²) >= 11 is 6.80. The Kier molecular flexibility index (Phi) is 6.54. The average Bonchev–Trinajstić information content (AvgIpc) is 3.03. The molecule has 0 N–H and O–H groups in total. The molecule has 1 amide bonds. The summed E-state index contributed by atoms with van der Waals surface area (Å²) in [7, 11) is 0. The molecule has 0 aromatic heterocycles. The number of nitrogens with zero attached hydrogens (tertiary/aromatic N) is 1. The predicted molar refractivity (Wildman–Crippen MR) is 132 cm³/mol. The maximum atomic E-state index is 12.9. The van der Waals surface area contributed by atoms with Crippen molar-refractivity contribution in [2.24, 2.45) is 0 Å². The summed E-state index contributed by atoms with van der Waals surface area (Å²) in [6, 6.07) is 24.2. The first-order valence-corrected chi connectivity index (χ1v) is 11.3. The Morgan fingerprint density at radius 3 is 2.06 bits per heavy atom. The minimum atomic E-state index is -0.0460. The quantitative estimate of drug-likeness (QED) is 0.330. The van der Waals surface area contributed by atoms with Gasteiger partial charge in [0.05, 0.1) is 11.4 Å². The molecule has 5 heteroatoms. The number of aryl methyl sites for hydroxylation is 2. The van der Waals surface area contributed by atoms with Gasteiger partial charge in [0.15, 0.2) is 0 Å². The SMILES string of the molecule is Cc1ccc(COc2ccc(/C=C3\SC(=S)N(Cc4ccc(C)cc4)C3=O)cc2)cc1. The first-order valence-electron chi connectivity index (χ1n) is 10.1. The van der Waals surface area contributed by atoms with Gasteiger partial charge in [-0.05, 0) is 48.7 Å². The first-order chi connectivity index (χ1) is 15.0. The van der Waals surface area contributed by atoms with Crippen molar-refractivity contribution in [1.82, 2.24) is 4.90 Å². The van der Waals surface area contributed by atoms with E-state index in [9.17, 15) is 4.79 Å². The number of carbonyl (C=O) groups excluding carboxylic acids is 1. The Morgan fingerprint density at radius 2 is 1.45 bits per heavy atom. The fraction of sp³-hybridized carbons (Fsp3) is 0.154. The third-order valence-corrected chi connectivity index (χ3v) is 6.42. The van der Waals surface area contributed by atoms with Gasteiger partial charge in [-0.3, -0.25) is 9.69 Å². The molecule has 0 atom stereocenters. The zero-order valence-electron chi connectivity index (χ0n) is 17.5. The average molecular weight is 446 g/mol. The zero-order chi connectivity index (χ0) is 21.8. The topological polar surface area (TPSA) is 29.5 Å². The number of benzene rings is 3. The van der Waals surface area contributed by atoms with Gasteiger partial charge in [-0.1, -0.05) is 95.8 Å². The molecule has 1 aliphatic rings. The van der Waals surface area contributed by atoms with E-state index in [2.05, 4.69) is 31.2 Å². The molecule has 4 rings (SSSR count). The van der Waals surface area contributed by atoms with Crippen molar-refractivity contribution < 1.29 is 9.53 Å². The maximum Gasteiger partial charge on any atom is 0.266 e. The Labute approximate surface area is 192 Å². The molecule has 0 radical (unpaired) electrons. The van der Waals surface area contributed by atoms with E-state index >= 15 is 0 Å². The fourth-order valence-electron chi connectivity index (χ4n) is 3.17. The summed E-state index contributed by atoms with van der Waals surface area (Å²) in [5, 5.41) is 0. The third kappa shape index (κ3) is 5.43. The number of hydrogen-bond donors (Lipinski definition) is 0. The Hall–Kier alpha value is -2.89. The molecule has 156 valence electrons. The number of ether oxygens (including phenoxy) is 1. The van der Waals surface area contributed by atoms with Gasteiger partial charge >= 0.3 is 0 Å². The monoisotopic (exact) mass is 445 g/mol. The van der Waals surface area contributed by atoms with Crippen molar-refractivity contribution in [3.05, 3.63) is 106 Å². The van der Waals surface area contributed by atoms with E-state index in [4.69, 9.17) is 17.0 Å². The smallest absolute Gasteiger partial charge is 0.266 e. The Morgan fingerprint density at radius 1 is 0.871 bits per heavy atom. The number of thioether (sulfide) groups is 1. The van der Waals surface area contributed by atoms with Crippen LogP contribution in [0.4, 0.5) is 0 Å². The third-order valence-electron chi connectivity index (χ3n) is 5.04. The lowest BCUT2D eigenvalue weighted by Gasteiger charge is -2.14. The van der Waals surface area contributed by atoms with Crippen LogP contribution < -0.4 is 4.74 Å². The lowest BCUT2D eigenvalue weighted by Crippen LogP contribution is -2.27. The molecule has 1 saturated heterocycles. The number of amides is 1. The molecule has 31 heavy (non-hydrogen) atoms. The van der Waals surface area contributed by atoms with E-state index in [0.717, 1.165) is 22.4 Å². The highest BCUT2D eigenvalue weighted by atomic mass is 32.2. The van der Waals surface area contributed by atoms with Crippen LogP contribution in [0.15, 0.2) is 77.7 Å². The van der Waals surface area contributed by atoms with Gasteiger partial charge in [0.25, 0.3) is 5.91 Å². The summed E-state index contributed by atoms with van der Waals surface area (Å²) in [6.45, 7) is 5.13. The number of rotatable bonds is 6. The summed E-state index contributed by atoms with van der Waals surface area (Å²) in [6.07, 6.45) is 1.89. The highest BCUT2D eigenvalue weighted by molar-refractivity contribution is 8.26. The minimum absolute atomic E-state index is 0.0460. The Bertz CT molecular complexity index is 1120. The van der Waals surface area contributed by atoms with Crippen molar-refractivity contribution in [1.29, 1.82) is 0 Å². The molecule has 0 aliphatic carbocycles. The van der Waals surface area contributed by atoms with Crippen LogP contribution in [0.2, 0.25) is 0 Å². The van der Waals surface area contributed by atoms with Crippen LogP contribution in [0.3, 0.4) is 0 Å². The van der Waals surface area contributed by atoms with E-state index in [0.29, 0.717) is 22.4 Å². The summed E-state index contributed by atoms with van der Waals surface area (Å²) in [5.41, 5.74) is 5.57. The van der Waals surface area contributed by atoms with E-state index in [1.165, 1.54) is 22.9 Å². The predicted octanol–water partition coefficient (Wildman–Crippen LogP) is 6.28. The van der Waals surface area contributed by atoms with Gasteiger partial charge in [-0.15, -0.1) is 0 Å². The molecule has 3 nitrogen and oxygen atoms in total. The lowest BCUT2D eigenvalue weighted by molar-refractivity contribution is -0.122. The molecule has 0 unspecified atom stereocenters. The second kappa shape index (κ2) is 9.50. The molecule has 1 fully saturated rings. The van der Waals surface area contributed by atoms with Gasteiger partial charge in [-0.25, -0.2) is 0 Å². The van der Waals surface area contributed by atoms with Gasteiger partial charge < -0.3 is 4.74 Å². The van der Waals surface area contributed by atoms with Crippen LogP contribution in [0.25, 0.3) is 6.08 Å². The molecule has 3 aromatic carbocycles. The molecule has 3 aromatic rings. The van der Waals surface area contributed by atoms with Gasteiger partial charge in [0, 0.05) is 0 Å².